The Morgan fingerprint density at radius 3 is 2.67 bits per heavy atom. The molecule has 11 heteroatoms. The fraction of sp³-hybridized carbons (Fsp3) is 0.214. The molecule has 200 valence electrons. The molecule has 0 atom stereocenters. The van der Waals surface area contributed by atoms with Crippen LogP contribution in [0.15, 0.2) is 67.0 Å². The number of halogens is 3. The van der Waals surface area contributed by atoms with E-state index in [0.29, 0.717) is 59.5 Å². The van der Waals surface area contributed by atoms with Crippen LogP contribution in [-0.4, -0.2) is 34.6 Å². The number of anilines is 3. The Morgan fingerprint density at radius 2 is 1.90 bits per heavy atom. The van der Waals surface area contributed by atoms with E-state index in [-0.39, 0.29) is 5.69 Å². The van der Waals surface area contributed by atoms with E-state index in [0.717, 1.165) is 17.7 Å². The van der Waals surface area contributed by atoms with Gasteiger partial charge in [0.05, 0.1) is 16.8 Å². The van der Waals surface area contributed by atoms with Crippen LogP contribution in [0, 0.1) is 6.92 Å². The average Bonchev–Trinajstić information content (AvgIpc) is 2.93. The molecular weight excluding hydrogens is 509 g/mol. The SMILES string of the molecule is CNc1nccc(-c2cccnc2Oc2ccc(NC(=O)N3CCCc4ccc(C(F)(F)F)cc43)cc2C)n1. The number of benzene rings is 2. The third kappa shape index (κ3) is 5.62. The highest BCUT2D eigenvalue weighted by atomic mass is 19.4. The fourth-order valence-corrected chi connectivity index (χ4v) is 4.39. The highest BCUT2D eigenvalue weighted by Crippen LogP contribution is 2.36. The van der Waals surface area contributed by atoms with Gasteiger partial charge in [-0.25, -0.2) is 19.7 Å². The van der Waals surface area contributed by atoms with Crippen LogP contribution < -0.4 is 20.3 Å². The molecule has 0 aliphatic carbocycles. The minimum Gasteiger partial charge on any atom is -0.438 e. The third-order valence-electron chi connectivity index (χ3n) is 6.34. The number of rotatable bonds is 5. The van der Waals surface area contributed by atoms with Crippen molar-refractivity contribution in [2.24, 2.45) is 0 Å². The lowest BCUT2D eigenvalue weighted by atomic mass is 9.99. The van der Waals surface area contributed by atoms with Gasteiger partial charge < -0.3 is 15.4 Å². The van der Waals surface area contributed by atoms with E-state index in [2.05, 4.69) is 25.6 Å². The van der Waals surface area contributed by atoms with Crippen LogP contribution >= 0.6 is 0 Å². The molecular formula is C28H25F3N6O2. The molecule has 1 aliphatic rings. The van der Waals surface area contributed by atoms with Crippen molar-refractivity contribution in [3.05, 3.63) is 83.7 Å². The number of carbonyl (C=O) groups excluding carboxylic acids is 1. The van der Waals surface area contributed by atoms with E-state index in [4.69, 9.17) is 4.74 Å². The van der Waals surface area contributed by atoms with Crippen LogP contribution in [0.25, 0.3) is 11.3 Å². The van der Waals surface area contributed by atoms with Crippen molar-refractivity contribution >= 4 is 23.4 Å². The summed E-state index contributed by atoms with van der Waals surface area (Å²) >= 11 is 0. The van der Waals surface area contributed by atoms with Crippen LogP contribution in [0.4, 0.5) is 35.3 Å². The molecule has 2 aromatic heterocycles. The third-order valence-corrected chi connectivity index (χ3v) is 6.34. The summed E-state index contributed by atoms with van der Waals surface area (Å²) in [6.45, 7) is 2.14. The maximum absolute atomic E-state index is 13.3. The van der Waals surface area contributed by atoms with Crippen molar-refractivity contribution in [3.8, 4) is 22.9 Å². The molecule has 39 heavy (non-hydrogen) atoms. The zero-order valence-electron chi connectivity index (χ0n) is 21.2. The Morgan fingerprint density at radius 1 is 1.05 bits per heavy atom. The molecule has 0 fully saturated rings. The largest absolute Gasteiger partial charge is 0.438 e. The summed E-state index contributed by atoms with van der Waals surface area (Å²) in [4.78, 5) is 27.4. The second-order valence-corrected chi connectivity index (χ2v) is 8.98. The number of alkyl halides is 3. The number of aryl methyl sites for hydroxylation is 2. The van der Waals surface area contributed by atoms with Gasteiger partial charge in [0.15, 0.2) is 0 Å². The van der Waals surface area contributed by atoms with Crippen molar-refractivity contribution < 1.29 is 22.7 Å². The summed E-state index contributed by atoms with van der Waals surface area (Å²) in [6.07, 6.45) is 0.0366. The van der Waals surface area contributed by atoms with E-state index in [9.17, 15) is 18.0 Å². The molecule has 0 unspecified atom stereocenters. The first kappa shape index (κ1) is 26.0. The first-order valence-corrected chi connectivity index (χ1v) is 12.3. The first-order chi connectivity index (χ1) is 18.7. The summed E-state index contributed by atoms with van der Waals surface area (Å²) in [5, 5.41) is 5.71. The Bertz CT molecular complexity index is 1530. The lowest BCUT2D eigenvalue weighted by Gasteiger charge is -2.30. The minimum absolute atomic E-state index is 0.277. The van der Waals surface area contributed by atoms with E-state index in [1.54, 1.807) is 49.8 Å². The van der Waals surface area contributed by atoms with Crippen LogP contribution in [0.3, 0.4) is 0 Å². The van der Waals surface area contributed by atoms with Gasteiger partial charge in [0.25, 0.3) is 0 Å². The number of fused-ring (bicyclic) bond motifs is 1. The first-order valence-electron chi connectivity index (χ1n) is 12.3. The monoisotopic (exact) mass is 534 g/mol. The van der Waals surface area contributed by atoms with E-state index in [1.807, 2.05) is 13.0 Å². The van der Waals surface area contributed by atoms with Crippen LogP contribution in [0.5, 0.6) is 11.6 Å². The van der Waals surface area contributed by atoms with Gasteiger partial charge in [0.2, 0.25) is 11.8 Å². The number of carbonyl (C=O) groups is 1. The van der Waals surface area contributed by atoms with Gasteiger partial charge in [-0.2, -0.15) is 13.2 Å². The topological polar surface area (TPSA) is 92.3 Å². The summed E-state index contributed by atoms with van der Waals surface area (Å²) < 4.78 is 46.0. The Labute approximate surface area is 222 Å². The number of aromatic nitrogens is 3. The molecule has 8 nitrogen and oxygen atoms in total. The quantitative estimate of drug-likeness (QED) is 0.297. The number of hydrogen-bond acceptors (Lipinski definition) is 6. The highest BCUT2D eigenvalue weighted by Gasteiger charge is 2.33. The Balaban J connectivity index is 1.35. The van der Waals surface area contributed by atoms with Gasteiger partial charge in [0, 0.05) is 37.4 Å². The number of amides is 2. The second-order valence-electron chi connectivity index (χ2n) is 8.98. The lowest BCUT2D eigenvalue weighted by molar-refractivity contribution is -0.137. The number of pyridine rings is 1. The van der Waals surface area contributed by atoms with Crippen molar-refractivity contribution in [1.29, 1.82) is 0 Å². The zero-order valence-corrected chi connectivity index (χ0v) is 21.2. The zero-order chi connectivity index (χ0) is 27.6. The predicted octanol–water partition coefficient (Wildman–Crippen LogP) is 6.68. The average molecular weight is 535 g/mol. The molecule has 2 N–H and O–H groups in total. The van der Waals surface area contributed by atoms with Crippen LogP contribution in [0.1, 0.15) is 23.1 Å². The van der Waals surface area contributed by atoms with Gasteiger partial charge in [-0.15, -0.1) is 0 Å². The Kier molecular flexibility index (Phi) is 7.05. The number of nitrogens with one attached hydrogen (secondary N) is 2. The normalized spacial score (nSPS) is 13.0. The van der Waals surface area contributed by atoms with Gasteiger partial charge >= 0.3 is 12.2 Å². The van der Waals surface area contributed by atoms with Gasteiger partial charge in [-0.05, 0) is 79.4 Å². The summed E-state index contributed by atoms with van der Waals surface area (Å²) in [5.74, 6) is 1.34. The Hall–Kier alpha value is -4.67. The molecule has 2 aromatic carbocycles. The van der Waals surface area contributed by atoms with Crippen molar-refractivity contribution in [3.63, 3.8) is 0 Å². The fourth-order valence-electron chi connectivity index (χ4n) is 4.39. The summed E-state index contributed by atoms with van der Waals surface area (Å²) in [6, 6.07) is 13.5. The van der Waals surface area contributed by atoms with Gasteiger partial charge in [-0.1, -0.05) is 6.07 Å². The van der Waals surface area contributed by atoms with Crippen molar-refractivity contribution in [2.45, 2.75) is 25.9 Å². The second kappa shape index (κ2) is 10.6. The van der Waals surface area contributed by atoms with Crippen LogP contribution in [-0.2, 0) is 12.6 Å². The minimum atomic E-state index is -4.49. The van der Waals surface area contributed by atoms with Gasteiger partial charge in [0.1, 0.15) is 5.75 Å². The molecule has 5 rings (SSSR count). The smallest absolute Gasteiger partial charge is 0.416 e. The number of urea groups is 1. The van der Waals surface area contributed by atoms with Crippen molar-refractivity contribution in [2.75, 3.05) is 29.1 Å². The molecule has 0 bridgehead atoms. The number of hydrogen-bond donors (Lipinski definition) is 2. The molecule has 2 amide bonds. The summed E-state index contributed by atoms with van der Waals surface area (Å²) in [5.41, 5.74) is 2.72. The maximum atomic E-state index is 13.3. The van der Waals surface area contributed by atoms with E-state index in [1.165, 1.54) is 11.0 Å². The molecule has 3 heterocycles. The molecule has 1 aliphatic heterocycles. The number of ether oxygens (including phenoxy) is 1. The van der Waals surface area contributed by atoms with Crippen LogP contribution in [0.2, 0.25) is 0 Å². The standard InChI is InChI=1S/C28H25F3N6O2/c1-17-15-20(35-27(38)37-14-4-5-18-7-8-19(16-23(18)37)28(29,30)31)9-10-24(17)39-25-21(6-3-12-33-25)22-11-13-34-26(32-2)36-22/h3,6-13,15-16H,4-5,14H2,1-2H3,(H,35,38)(H,32,34,36). The molecule has 0 saturated heterocycles. The molecule has 0 saturated carbocycles. The molecule has 4 aromatic rings. The van der Waals surface area contributed by atoms with Crippen molar-refractivity contribution in [1.82, 2.24) is 15.0 Å². The maximum Gasteiger partial charge on any atom is 0.416 e. The van der Waals surface area contributed by atoms with E-state index >= 15 is 0 Å². The highest BCUT2D eigenvalue weighted by molar-refractivity contribution is 6.02. The molecule has 0 spiro atoms. The molecule has 0 radical (unpaired) electrons. The van der Waals surface area contributed by atoms with E-state index < -0.39 is 17.8 Å². The lowest BCUT2D eigenvalue weighted by Crippen LogP contribution is -2.38. The number of nitrogens with zero attached hydrogens (tertiary/aromatic N) is 4. The predicted molar refractivity (Wildman–Crippen MR) is 142 cm³/mol. The van der Waals surface area contributed by atoms with Gasteiger partial charge in [-0.3, -0.25) is 4.90 Å². The summed E-state index contributed by atoms with van der Waals surface area (Å²) in [7, 11) is 1.73.